The van der Waals surface area contributed by atoms with Crippen LogP contribution < -0.4 is 10.1 Å². The second-order valence-corrected chi connectivity index (χ2v) is 5.37. The van der Waals surface area contributed by atoms with E-state index in [1.807, 2.05) is 31.3 Å². The summed E-state index contributed by atoms with van der Waals surface area (Å²) in [6, 6.07) is 7.81. The normalized spacial score (nSPS) is 10.4. The second-order valence-electron chi connectivity index (χ2n) is 4.42. The standard InChI is InChI=1S/C14H18N4O2S/c1-18-10-16-17-14(18)21-9-13(19)15-8-7-11-5-3-4-6-12(11)20-2/h3-6,10H,7-9H2,1-2H3,(H,15,19). The molecule has 0 fully saturated rings. The van der Waals surface area contributed by atoms with Gasteiger partial charge in [-0.1, -0.05) is 30.0 Å². The molecule has 1 N–H and O–H groups in total. The lowest BCUT2D eigenvalue weighted by atomic mass is 10.1. The Kier molecular flexibility index (Phi) is 5.62. The van der Waals surface area contributed by atoms with Gasteiger partial charge in [-0.3, -0.25) is 4.79 Å². The number of nitrogens with one attached hydrogen (secondary N) is 1. The average molecular weight is 306 g/mol. The lowest BCUT2D eigenvalue weighted by Gasteiger charge is -2.09. The maximum atomic E-state index is 11.8. The van der Waals surface area contributed by atoms with Crippen LogP contribution in [0, 0.1) is 0 Å². The number of aryl methyl sites for hydroxylation is 1. The van der Waals surface area contributed by atoms with Gasteiger partial charge in [-0.05, 0) is 18.1 Å². The minimum Gasteiger partial charge on any atom is -0.496 e. The molecular weight excluding hydrogens is 288 g/mol. The summed E-state index contributed by atoms with van der Waals surface area (Å²) in [6.07, 6.45) is 2.35. The molecule has 0 atom stereocenters. The van der Waals surface area contributed by atoms with Crippen LogP contribution in [0.5, 0.6) is 5.75 Å². The summed E-state index contributed by atoms with van der Waals surface area (Å²) in [5, 5.41) is 11.3. The van der Waals surface area contributed by atoms with E-state index in [2.05, 4.69) is 15.5 Å². The number of hydrogen-bond donors (Lipinski definition) is 1. The molecule has 0 aliphatic rings. The van der Waals surface area contributed by atoms with Crippen molar-refractivity contribution in [2.75, 3.05) is 19.4 Å². The molecule has 2 rings (SSSR count). The van der Waals surface area contributed by atoms with Gasteiger partial charge in [0.25, 0.3) is 0 Å². The first-order valence-electron chi connectivity index (χ1n) is 6.56. The molecule has 0 aliphatic heterocycles. The molecule has 1 aromatic heterocycles. The van der Waals surface area contributed by atoms with Crippen molar-refractivity contribution in [3.05, 3.63) is 36.2 Å². The molecule has 0 aliphatic carbocycles. The topological polar surface area (TPSA) is 69.0 Å². The fourth-order valence-corrected chi connectivity index (χ4v) is 2.55. The van der Waals surface area contributed by atoms with Gasteiger partial charge in [0.2, 0.25) is 5.91 Å². The van der Waals surface area contributed by atoms with E-state index in [0.717, 1.165) is 22.9 Å². The van der Waals surface area contributed by atoms with E-state index in [9.17, 15) is 4.79 Å². The van der Waals surface area contributed by atoms with Crippen molar-refractivity contribution in [2.45, 2.75) is 11.6 Å². The number of carbonyl (C=O) groups is 1. The van der Waals surface area contributed by atoms with Crippen molar-refractivity contribution in [3.8, 4) is 5.75 Å². The highest BCUT2D eigenvalue weighted by molar-refractivity contribution is 7.99. The average Bonchev–Trinajstić information content (AvgIpc) is 2.91. The summed E-state index contributed by atoms with van der Waals surface area (Å²) in [4.78, 5) is 11.8. The molecular formula is C14H18N4O2S. The third kappa shape index (κ3) is 4.49. The molecule has 0 saturated heterocycles. The lowest BCUT2D eigenvalue weighted by molar-refractivity contribution is -0.118. The molecule has 0 radical (unpaired) electrons. The van der Waals surface area contributed by atoms with E-state index >= 15 is 0 Å². The Bertz CT molecular complexity index is 600. The summed E-state index contributed by atoms with van der Waals surface area (Å²) in [5.74, 6) is 1.16. The first kappa shape index (κ1) is 15.4. The van der Waals surface area contributed by atoms with Crippen LogP contribution in [-0.2, 0) is 18.3 Å². The number of amides is 1. The van der Waals surface area contributed by atoms with Crippen molar-refractivity contribution in [2.24, 2.45) is 7.05 Å². The Morgan fingerprint density at radius 3 is 2.95 bits per heavy atom. The van der Waals surface area contributed by atoms with E-state index in [1.54, 1.807) is 18.0 Å². The van der Waals surface area contributed by atoms with Crippen molar-refractivity contribution in [1.29, 1.82) is 0 Å². The van der Waals surface area contributed by atoms with E-state index in [-0.39, 0.29) is 5.91 Å². The third-order valence-electron chi connectivity index (χ3n) is 2.91. The monoisotopic (exact) mass is 306 g/mol. The van der Waals surface area contributed by atoms with Crippen molar-refractivity contribution < 1.29 is 9.53 Å². The number of carbonyl (C=O) groups excluding carboxylic acids is 1. The molecule has 0 spiro atoms. The highest BCUT2D eigenvalue weighted by Crippen LogP contribution is 2.17. The number of nitrogens with zero attached hydrogens (tertiary/aromatic N) is 3. The van der Waals surface area contributed by atoms with Gasteiger partial charge in [0.15, 0.2) is 5.16 Å². The fraction of sp³-hybridized carbons (Fsp3) is 0.357. The smallest absolute Gasteiger partial charge is 0.230 e. The second kappa shape index (κ2) is 7.68. The van der Waals surface area contributed by atoms with E-state index < -0.39 is 0 Å². The Hall–Kier alpha value is -2.02. The highest BCUT2D eigenvalue weighted by Gasteiger charge is 2.07. The molecule has 0 bridgehead atoms. The molecule has 21 heavy (non-hydrogen) atoms. The van der Waals surface area contributed by atoms with E-state index in [1.165, 1.54) is 11.8 Å². The first-order valence-corrected chi connectivity index (χ1v) is 7.54. The van der Waals surface area contributed by atoms with E-state index in [4.69, 9.17) is 4.74 Å². The van der Waals surface area contributed by atoms with Gasteiger partial charge in [-0.15, -0.1) is 10.2 Å². The van der Waals surface area contributed by atoms with Gasteiger partial charge in [0, 0.05) is 13.6 Å². The largest absolute Gasteiger partial charge is 0.496 e. The summed E-state index contributed by atoms with van der Waals surface area (Å²) >= 11 is 1.37. The molecule has 0 unspecified atom stereocenters. The first-order chi connectivity index (χ1) is 10.2. The van der Waals surface area contributed by atoms with Crippen molar-refractivity contribution in [3.63, 3.8) is 0 Å². The van der Waals surface area contributed by atoms with Gasteiger partial charge >= 0.3 is 0 Å². The number of para-hydroxylation sites is 1. The zero-order chi connectivity index (χ0) is 15.1. The maximum absolute atomic E-state index is 11.8. The van der Waals surface area contributed by atoms with Crippen molar-refractivity contribution >= 4 is 17.7 Å². The summed E-state index contributed by atoms with van der Waals surface area (Å²) < 4.78 is 7.06. The number of methoxy groups -OCH3 is 1. The molecule has 2 aromatic rings. The highest BCUT2D eigenvalue weighted by atomic mass is 32.2. The van der Waals surface area contributed by atoms with Crippen LogP contribution >= 0.6 is 11.8 Å². The number of rotatable bonds is 7. The minimum absolute atomic E-state index is 0.0158. The Balaban J connectivity index is 1.73. The van der Waals surface area contributed by atoms with Crippen LogP contribution in [0.25, 0.3) is 0 Å². The number of hydrogen-bond acceptors (Lipinski definition) is 5. The van der Waals surface area contributed by atoms with Crippen LogP contribution in [0.2, 0.25) is 0 Å². The Morgan fingerprint density at radius 1 is 1.43 bits per heavy atom. The predicted molar refractivity (Wildman–Crippen MR) is 81.4 cm³/mol. The third-order valence-corrected chi connectivity index (χ3v) is 3.95. The zero-order valence-electron chi connectivity index (χ0n) is 12.1. The van der Waals surface area contributed by atoms with Crippen LogP contribution in [0.1, 0.15) is 5.56 Å². The molecule has 1 amide bonds. The fourth-order valence-electron chi connectivity index (χ4n) is 1.83. The molecule has 1 heterocycles. The van der Waals surface area contributed by atoms with Crippen LogP contribution in [0.3, 0.4) is 0 Å². The SMILES string of the molecule is COc1ccccc1CCNC(=O)CSc1nncn1C. The minimum atomic E-state index is -0.0158. The van der Waals surface area contributed by atoms with Crippen molar-refractivity contribution in [1.82, 2.24) is 20.1 Å². The molecule has 0 saturated carbocycles. The van der Waals surface area contributed by atoms with Crippen LogP contribution in [-0.4, -0.2) is 40.1 Å². The number of thioether (sulfide) groups is 1. The predicted octanol–water partition coefficient (Wildman–Crippen LogP) is 1.27. The van der Waals surface area contributed by atoms with E-state index in [0.29, 0.717) is 12.3 Å². The van der Waals surface area contributed by atoms with Gasteiger partial charge in [0.05, 0.1) is 12.9 Å². The summed E-state index contributed by atoms with van der Waals surface area (Å²) in [7, 11) is 3.50. The molecule has 112 valence electrons. The molecule has 6 nitrogen and oxygen atoms in total. The number of ether oxygens (including phenoxy) is 1. The van der Waals surface area contributed by atoms with Gasteiger partial charge in [-0.2, -0.15) is 0 Å². The number of aromatic nitrogens is 3. The van der Waals surface area contributed by atoms with Gasteiger partial charge in [0.1, 0.15) is 12.1 Å². The van der Waals surface area contributed by atoms with Gasteiger partial charge in [-0.25, -0.2) is 0 Å². The lowest BCUT2D eigenvalue weighted by Crippen LogP contribution is -2.27. The Labute approximate surface area is 127 Å². The van der Waals surface area contributed by atoms with Crippen LogP contribution in [0.4, 0.5) is 0 Å². The zero-order valence-corrected chi connectivity index (χ0v) is 12.9. The van der Waals surface area contributed by atoms with Crippen LogP contribution in [0.15, 0.2) is 35.7 Å². The van der Waals surface area contributed by atoms with Gasteiger partial charge < -0.3 is 14.6 Å². The maximum Gasteiger partial charge on any atom is 0.230 e. The summed E-state index contributed by atoms with van der Waals surface area (Å²) in [5.41, 5.74) is 1.08. The molecule has 1 aromatic carbocycles. The summed E-state index contributed by atoms with van der Waals surface area (Å²) in [6.45, 7) is 0.582. The Morgan fingerprint density at radius 2 is 2.24 bits per heavy atom. The molecule has 7 heteroatoms. The quantitative estimate of drug-likeness (QED) is 0.780. The number of benzene rings is 1.